The number of carbonyl (C=O) groups is 1. The van der Waals surface area contributed by atoms with Crippen LogP contribution in [0.4, 0.5) is 0 Å². The molecule has 0 spiro atoms. The number of hydrogen-bond acceptors (Lipinski definition) is 6. The van der Waals surface area contributed by atoms with Crippen LogP contribution in [0, 0.1) is 26.2 Å². The Balaban J connectivity index is 1.25. The number of aryl methyl sites for hydroxylation is 3. The number of thioether (sulfide) groups is 1. The minimum Gasteiger partial charge on any atom is -0.490 e. The molecule has 0 saturated heterocycles. The Hall–Kier alpha value is -3.88. The number of amides is 1. The van der Waals surface area contributed by atoms with Crippen molar-refractivity contribution in [3.05, 3.63) is 99.1 Å². The maximum Gasteiger partial charge on any atom is 0.283 e. The molecule has 0 radical (unpaired) electrons. The van der Waals surface area contributed by atoms with E-state index in [-0.39, 0.29) is 11.4 Å². The molecule has 2 aliphatic heterocycles. The predicted octanol–water partition coefficient (Wildman–Crippen LogP) is 6.39. The topological polar surface area (TPSA) is 87.3 Å². The lowest BCUT2D eigenvalue weighted by molar-refractivity contribution is -0.114. The second-order valence-corrected chi connectivity index (χ2v) is 10.3. The van der Waals surface area contributed by atoms with Gasteiger partial charge in [-0.15, -0.1) is 0 Å². The van der Waals surface area contributed by atoms with Gasteiger partial charge < -0.3 is 9.47 Å². The first-order valence-electron chi connectivity index (χ1n) is 12.0. The lowest BCUT2D eigenvalue weighted by atomic mass is 10.1. The molecule has 0 atom stereocenters. The minimum absolute atomic E-state index is 0.0328. The van der Waals surface area contributed by atoms with Gasteiger partial charge in [0.2, 0.25) is 5.17 Å². The van der Waals surface area contributed by atoms with Gasteiger partial charge in [0.25, 0.3) is 5.91 Å². The van der Waals surface area contributed by atoms with Crippen LogP contribution in [0.25, 0.3) is 6.08 Å². The van der Waals surface area contributed by atoms with E-state index in [1.54, 1.807) is 24.3 Å². The van der Waals surface area contributed by atoms with Crippen molar-refractivity contribution in [2.24, 2.45) is 10.1 Å². The second-order valence-electron chi connectivity index (χ2n) is 8.92. The summed E-state index contributed by atoms with van der Waals surface area (Å²) >= 11 is 7.72. The zero-order chi connectivity index (χ0) is 26.8. The van der Waals surface area contributed by atoms with Crippen LogP contribution in [0.1, 0.15) is 27.8 Å². The third kappa shape index (κ3) is 5.51. The van der Waals surface area contributed by atoms with Gasteiger partial charge in [-0.05, 0) is 79.6 Å². The van der Waals surface area contributed by atoms with E-state index in [4.69, 9.17) is 26.5 Å². The van der Waals surface area contributed by atoms with E-state index in [2.05, 4.69) is 17.0 Å². The lowest BCUT2D eigenvalue weighted by Gasteiger charge is -2.20. The molecule has 38 heavy (non-hydrogen) atoms. The van der Waals surface area contributed by atoms with Crippen molar-refractivity contribution in [1.82, 2.24) is 5.01 Å². The highest BCUT2D eigenvalue weighted by Crippen LogP contribution is 2.32. The lowest BCUT2D eigenvalue weighted by Crippen LogP contribution is -2.35. The van der Waals surface area contributed by atoms with Gasteiger partial charge in [0, 0.05) is 5.56 Å². The van der Waals surface area contributed by atoms with Crippen molar-refractivity contribution in [1.29, 1.82) is 5.41 Å². The summed E-state index contributed by atoms with van der Waals surface area (Å²) in [4.78, 5) is 16.9. The molecule has 0 aromatic heterocycles. The zero-order valence-electron chi connectivity index (χ0n) is 21.1. The Bertz CT molecular complexity index is 1530. The van der Waals surface area contributed by atoms with Gasteiger partial charge in [-0.2, -0.15) is 15.1 Å². The zero-order valence-corrected chi connectivity index (χ0v) is 22.7. The standard InChI is InChI=1S/C29H25ClN4O3S/c1-17-4-8-21(9-5-17)28-33-34-26(31)23(27(35)32-29(34)38-28)15-20-7-11-25(24(30)16-20)37-13-12-36-22-10-6-18(2)19(3)14-22/h4-11,14-16,31H,12-13H2,1-3H3/b23-15-,31-26?. The van der Waals surface area contributed by atoms with Gasteiger partial charge in [-0.1, -0.05) is 53.6 Å². The Morgan fingerprint density at radius 2 is 1.74 bits per heavy atom. The maximum atomic E-state index is 12.8. The molecule has 0 fully saturated rings. The van der Waals surface area contributed by atoms with Crippen molar-refractivity contribution in [2.75, 3.05) is 13.2 Å². The SMILES string of the molecule is Cc1ccc(C2=NN3C(=N)/C(=C/c4ccc(OCCOc5ccc(C)c(C)c5)c(Cl)c4)C(=O)N=C3S2)cc1. The second kappa shape index (κ2) is 10.8. The van der Waals surface area contributed by atoms with E-state index in [0.29, 0.717) is 39.8 Å². The van der Waals surface area contributed by atoms with Gasteiger partial charge in [0.05, 0.1) is 10.6 Å². The summed E-state index contributed by atoms with van der Waals surface area (Å²) in [6, 6.07) is 19.1. The molecule has 3 aromatic carbocycles. The molecule has 2 heterocycles. The van der Waals surface area contributed by atoms with Crippen LogP contribution >= 0.6 is 23.4 Å². The van der Waals surface area contributed by atoms with Crippen LogP contribution < -0.4 is 9.47 Å². The summed E-state index contributed by atoms with van der Waals surface area (Å²) in [7, 11) is 0. The molecule has 1 amide bonds. The smallest absolute Gasteiger partial charge is 0.283 e. The number of halogens is 1. The van der Waals surface area contributed by atoms with Crippen LogP contribution in [0.2, 0.25) is 5.02 Å². The van der Waals surface area contributed by atoms with E-state index in [0.717, 1.165) is 16.9 Å². The molecule has 1 N–H and O–H groups in total. The fourth-order valence-electron chi connectivity index (χ4n) is 3.81. The van der Waals surface area contributed by atoms with E-state index in [9.17, 15) is 4.79 Å². The van der Waals surface area contributed by atoms with Crippen LogP contribution in [0.5, 0.6) is 11.5 Å². The molecular weight excluding hydrogens is 520 g/mol. The van der Waals surface area contributed by atoms with Crippen molar-refractivity contribution in [3.63, 3.8) is 0 Å². The van der Waals surface area contributed by atoms with Crippen LogP contribution in [-0.2, 0) is 4.79 Å². The monoisotopic (exact) mass is 544 g/mol. The van der Waals surface area contributed by atoms with Gasteiger partial charge in [-0.3, -0.25) is 10.2 Å². The molecule has 7 nitrogen and oxygen atoms in total. The van der Waals surface area contributed by atoms with E-state index < -0.39 is 5.91 Å². The summed E-state index contributed by atoms with van der Waals surface area (Å²) in [5.41, 5.74) is 5.22. The molecule has 0 bridgehead atoms. The van der Waals surface area contributed by atoms with Gasteiger partial charge in [-0.25, -0.2) is 0 Å². The Kier molecular flexibility index (Phi) is 7.35. The third-order valence-corrected chi connectivity index (χ3v) is 7.36. The number of nitrogens with zero attached hydrogens (tertiary/aromatic N) is 3. The summed E-state index contributed by atoms with van der Waals surface area (Å²) in [6.07, 6.45) is 1.59. The Morgan fingerprint density at radius 1 is 0.974 bits per heavy atom. The van der Waals surface area contributed by atoms with Crippen molar-refractivity contribution in [3.8, 4) is 11.5 Å². The minimum atomic E-state index is -0.492. The molecule has 0 aliphatic carbocycles. The largest absolute Gasteiger partial charge is 0.490 e. The highest BCUT2D eigenvalue weighted by Gasteiger charge is 2.36. The first-order chi connectivity index (χ1) is 18.3. The maximum absolute atomic E-state index is 12.8. The number of hydrogen-bond donors (Lipinski definition) is 1. The van der Waals surface area contributed by atoms with Crippen molar-refractivity contribution < 1.29 is 14.3 Å². The van der Waals surface area contributed by atoms with Crippen LogP contribution in [-0.4, -0.2) is 40.2 Å². The molecule has 192 valence electrons. The van der Waals surface area contributed by atoms with E-state index in [1.165, 1.54) is 27.9 Å². The molecular formula is C29H25ClN4O3S. The van der Waals surface area contributed by atoms with E-state index >= 15 is 0 Å². The molecule has 2 aliphatic rings. The highest BCUT2D eigenvalue weighted by molar-refractivity contribution is 8.27. The molecule has 5 rings (SSSR count). The Morgan fingerprint density at radius 3 is 2.47 bits per heavy atom. The number of aliphatic imine (C=N–C) groups is 1. The molecule has 0 saturated carbocycles. The van der Waals surface area contributed by atoms with Crippen molar-refractivity contribution >= 4 is 51.4 Å². The first kappa shape index (κ1) is 25.8. The molecule has 3 aromatic rings. The normalized spacial score (nSPS) is 15.9. The average molecular weight is 545 g/mol. The number of carbonyl (C=O) groups excluding carboxylic acids is 1. The predicted molar refractivity (Wildman–Crippen MR) is 154 cm³/mol. The fourth-order valence-corrected chi connectivity index (χ4v) is 4.95. The van der Waals surface area contributed by atoms with Gasteiger partial charge >= 0.3 is 0 Å². The van der Waals surface area contributed by atoms with Crippen LogP contribution in [0.15, 0.2) is 76.3 Å². The number of fused-ring (bicyclic) bond motifs is 1. The number of nitrogens with one attached hydrogen (secondary N) is 1. The molecule has 9 heteroatoms. The van der Waals surface area contributed by atoms with E-state index in [1.807, 2.05) is 56.3 Å². The Labute approximate surface area is 230 Å². The number of hydrazone groups is 1. The fraction of sp³-hybridized carbons (Fsp3) is 0.172. The number of ether oxygens (including phenoxy) is 2. The summed E-state index contributed by atoms with van der Waals surface area (Å²) < 4.78 is 11.5. The first-order valence-corrected chi connectivity index (χ1v) is 13.2. The highest BCUT2D eigenvalue weighted by atomic mass is 35.5. The molecule has 0 unspecified atom stereocenters. The number of rotatable bonds is 7. The summed E-state index contributed by atoms with van der Waals surface area (Å²) in [6.45, 7) is 6.81. The quantitative estimate of drug-likeness (QED) is 0.275. The van der Waals surface area contributed by atoms with Gasteiger partial charge in [0.1, 0.15) is 29.8 Å². The van der Waals surface area contributed by atoms with Crippen LogP contribution in [0.3, 0.4) is 0 Å². The summed E-state index contributed by atoms with van der Waals surface area (Å²) in [5, 5.41) is 16.0. The number of benzene rings is 3. The number of amidine groups is 2. The third-order valence-electron chi connectivity index (χ3n) is 6.11. The average Bonchev–Trinajstić information content (AvgIpc) is 3.32. The van der Waals surface area contributed by atoms with Gasteiger partial charge in [0.15, 0.2) is 5.84 Å². The summed E-state index contributed by atoms with van der Waals surface area (Å²) in [5.74, 6) is 0.775. The van der Waals surface area contributed by atoms with Crippen molar-refractivity contribution in [2.45, 2.75) is 20.8 Å².